The number of carbonyl (C=O) groups excluding carboxylic acids is 1. The van der Waals surface area contributed by atoms with E-state index in [9.17, 15) is 31.1 Å². The molecule has 0 fully saturated rings. The smallest absolute Gasteiger partial charge is 0.461 e. The number of hydrogen-bond acceptors (Lipinski definition) is 4. The van der Waals surface area contributed by atoms with Gasteiger partial charge >= 0.3 is 18.5 Å². The molecule has 2 aromatic rings. The Morgan fingerprint density at radius 3 is 2.23 bits per heavy atom. The third kappa shape index (κ3) is 5.39. The van der Waals surface area contributed by atoms with Crippen molar-refractivity contribution >= 4 is 5.97 Å². The second-order valence-electron chi connectivity index (χ2n) is 4.98. The molecule has 0 radical (unpaired) electrons. The van der Waals surface area contributed by atoms with Crippen molar-refractivity contribution in [2.75, 3.05) is 6.61 Å². The first-order chi connectivity index (χ1) is 12.0. The van der Waals surface area contributed by atoms with Crippen LogP contribution in [-0.4, -0.2) is 34.9 Å². The molecule has 5 nitrogen and oxygen atoms in total. The highest BCUT2D eigenvalue weighted by Crippen LogP contribution is 2.27. The first-order valence-electron chi connectivity index (χ1n) is 7.16. The van der Waals surface area contributed by atoms with Crippen LogP contribution in [0.4, 0.5) is 26.3 Å². The summed E-state index contributed by atoms with van der Waals surface area (Å²) < 4.78 is 83.2. The van der Waals surface area contributed by atoms with Crippen molar-refractivity contribution in [3.8, 4) is 17.0 Å². The molecule has 0 aliphatic rings. The van der Waals surface area contributed by atoms with Crippen molar-refractivity contribution in [1.29, 1.82) is 0 Å². The first-order valence-corrected chi connectivity index (χ1v) is 7.16. The highest BCUT2D eigenvalue weighted by Gasteiger charge is 2.32. The standard InChI is InChI=1S/C15H12F6N2O3/c1-2-25-13(24)12-7-11(22-23(12)8-14(16,17)18)9-3-5-10(6-4-9)26-15(19,20)21/h3-7H,2,8H2,1H3. The Balaban J connectivity index is 2.34. The summed E-state index contributed by atoms with van der Waals surface area (Å²) >= 11 is 0. The monoisotopic (exact) mass is 382 g/mol. The summed E-state index contributed by atoms with van der Waals surface area (Å²) in [6.07, 6.45) is -9.50. The number of benzene rings is 1. The lowest BCUT2D eigenvalue weighted by molar-refractivity contribution is -0.274. The number of hydrogen-bond donors (Lipinski definition) is 0. The van der Waals surface area contributed by atoms with Gasteiger partial charge in [0.05, 0.1) is 12.3 Å². The number of carbonyl (C=O) groups is 1. The average molecular weight is 382 g/mol. The zero-order valence-electron chi connectivity index (χ0n) is 13.2. The predicted octanol–water partition coefficient (Wildman–Crippen LogP) is 4.19. The van der Waals surface area contributed by atoms with E-state index in [0.29, 0.717) is 4.68 Å². The van der Waals surface area contributed by atoms with Gasteiger partial charge in [0.25, 0.3) is 0 Å². The maximum atomic E-state index is 12.7. The van der Waals surface area contributed by atoms with Gasteiger partial charge in [0.1, 0.15) is 18.0 Å². The lowest BCUT2D eigenvalue weighted by Gasteiger charge is -2.09. The minimum atomic E-state index is -4.87. The minimum absolute atomic E-state index is 0.0316. The summed E-state index contributed by atoms with van der Waals surface area (Å²) in [6.45, 7) is -0.0755. The molecule has 26 heavy (non-hydrogen) atoms. The van der Waals surface area contributed by atoms with Crippen LogP contribution in [0.15, 0.2) is 30.3 Å². The molecular weight excluding hydrogens is 370 g/mol. The maximum absolute atomic E-state index is 12.7. The third-order valence-corrected chi connectivity index (χ3v) is 2.98. The Bertz CT molecular complexity index is 765. The summed E-state index contributed by atoms with van der Waals surface area (Å²) in [4.78, 5) is 11.8. The number of halogens is 6. The van der Waals surface area contributed by atoms with E-state index in [1.54, 1.807) is 0 Å². The van der Waals surface area contributed by atoms with E-state index in [4.69, 9.17) is 4.74 Å². The van der Waals surface area contributed by atoms with E-state index in [2.05, 4.69) is 9.84 Å². The number of ether oxygens (including phenoxy) is 2. The normalized spacial score (nSPS) is 12.1. The van der Waals surface area contributed by atoms with Crippen molar-refractivity contribution in [2.24, 2.45) is 0 Å². The van der Waals surface area contributed by atoms with Gasteiger partial charge in [-0.15, -0.1) is 13.2 Å². The van der Waals surface area contributed by atoms with Crippen LogP contribution >= 0.6 is 0 Å². The molecule has 0 N–H and O–H groups in total. The molecule has 0 atom stereocenters. The SMILES string of the molecule is CCOC(=O)c1cc(-c2ccc(OC(F)(F)F)cc2)nn1CC(F)(F)F. The summed E-state index contributed by atoms with van der Waals surface area (Å²) in [5.74, 6) is -1.49. The number of aromatic nitrogens is 2. The van der Waals surface area contributed by atoms with Crippen molar-refractivity contribution in [3.63, 3.8) is 0 Å². The molecule has 142 valence electrons. The van der Waals surface area contributed by atoms with Gasteiger partial charge in [-0.1, -0.05) is 0 Å². The van der Waals surface area contributed by atoms with E-state index in [0.717, 1.165) is 18.2 Å². The van der Waals surface area contributed by atoms with Gasteiger partial charge in [-0.3, -0.25) is 0 Å². The van der Waals surface area contributed by atoms with E-state index < -0.39 is 36.5 Å². The van der Waals surface area contributed by atoms with E-state index in [1.165, 1.54) is 19.1 Å². The quantitative estimate of drug-likeness (QED) is 0.575. The van der Waals surface area contributed by atoms with Gasteiger partial charge in [-0.05, 0) is 37.3 Å². The Kier molecular flexibility index (Phi) is 5.47. The largest absolute Gasteiger partial charge is 0.573 e. The molecule has 0 spiro atoms. The summed E-state index contributed by atoms with van der Waals surface area (Å²) in [5, 5.41) is 3.71. The fourth-order valence-corrected chi connectivity index (χ4v) is 2.04. The number of rotatable bonds is 5. The van der Waals surface area contributed by atoms with Gasteiger partial charge in [-0.2, -0.15) is 18.3 Å². The van der Waals surface area contributed by atoms with Crippen molar-refractivity contribution < 1.29 is 40.6 Å². The van der Waals surface area contributed by atoms with Crippen LogP contribution in [0.1, 0.15) is 17.4 Å². The van der Waals surface area contributed by atoms with Gasteiger partial charge in [0, 0.05) is 5.56 Å². The zero-order valence-corrected chi connectivity index (χ0v) is 13.2. The van der Waals surface area contributed by atoms with Gasteiger partial charge in [0.2, 0.25) is 0 Å². The lowest BCUT2D eigenvalue weighted by atomic mass is 10.1. The van der Waals surface area contributed by atoms with Crippen LogP contribution in [0.25, 0.3) is 11.3 Å². The Labute approximate surface area is 143 Å². The molecule has 11 heteroatoms. The molecule has 1 heterocycles. The van der Waals surface area contributed by atoms with Crippen LogP contribution in [0, 0.1) is 0 Å². The van der Waals surface area contributed by atoms with Crippen LogP contribution in [0.3, 0.4) is 0 Å². The van der Waals surface area contributed by atoms with Crippen molar-refractivity contribution in [3.05, 3.63) is 36.0 Å². The summed E-state index contributed by atoms with van der Waals surface area (Å²) in [5.41, 5.74) is -0.253. The molecule has 2 rings (SSSR count). The summed E-state index contributed by atoms with van der Waals surface area (Å²) in [6, 6.07) is 5.39. The first kappa shape index (κ1) is 19.6. The zero-order chi connectivity index (χ0) is 19.5. The molecule has 1 aromatic carbocycles. The third-order valence-electron chi connectivity index (χ3n) is 2.98. The average Bonchev–Trinajstić information content (AvgIpc) is 2.88. The van der Waals surface area contributed by atoms with Crippen molar-refractivity contribution in [1.82, 2.24) is 9.78 Å². The number of alkyl halides is 6. The van der Waals surface area contributed by atoms with Crippen LogP contribution in [0.5, 0.6) is 5.75 Å². The fraction of sp³-hybridized carbons (Fsp3) is 0.333. The van der Waals surface area contributed by atoms with Crippen LogP contribution in [0.2, 0.25) is 0 Å². The van der Waals surface area contributed by atoms with Gasteiger partial charge in [-0.25, -0.2) is 9.48 Å². The van der Waals surface area contributed by atoms with E-state index in [-0.39, 0.29) is 17.9 Å². The van der Waals surface area contributed by atoms with Crippen molar-refractivity contribution in [2.45, 2.75) is 26.0 Å². The maximum Gasteiger partial charge on any atom is 0.573 e. The van der Waals surface area contributed by atoms with Crippen LogP contribution in [-0.2, 0) is 11.3 Å². The minimum Gasteiger partial charge on any atom is -0.461 e. The summed E-state index contributed by atoms with van der Waals surface area (Å²) in [7, 11) is 0. The molecule has 0 aliphatic carbocycles. The molecular formula is C15H12F6N2O3. The highest BCUT2D eigenvalue weighted by molar-refractivity contribution is 5.89. The van der Waals surface area contributed by atoms with E-state index >= 15 is 0 Å². The second kappa shape index (κ2) is 7.26. The molecule has 0 saturated heterocycles. The fourth-order valence-electron chi connectivity index (χ4n) is 2.04. The molecule has 0 aliphatic heterocycles. The topological polar surface area (TPSA) is 53.4 Å². The molecule has 0 saturated carbocycles. The molecule has 0 bridgehead atoms. The Morgan fingerprint density at radius 2 is 1.73 bits per heavy atom. The number of nitrogens with zero attached hydrogens (tertiary/aromatic N) is 2. The number of esters is 1. The predicted molar refractivity (Wildman–Crippen MR) is 76.4 cm³/mol. The van der Waals surface area contributed by atoms with E-state index in [1.807, 2.05) is 0 Å². The lowest BCUT2D eigenvalue weighted by Crippen LogP contribution is -2.22. The van der Waals surface area contributed by atoms with Gasteiger partial charge in [0.15, 0.2) is 0 Å². The Morgan fingerprint density at radius 1 is 1.12 bits per heavy atom. The highest BCUT2D eigenvalue weighted by atomic mass is 19.4. The molecule has 0 amide bonds. The molecule has 1 aromatic heterocycles. The van der Waals surface area contributed by atoms with Crippen LogP contribution < -0.4 is 4.74 Å². The van der Waals surface area contributed by atoms with Gasteiger partial charge < -0.3 is 9.47 Å². The Hall–Kier alpha value is -2.72. The second-order valence-corrected chi connectivity index (χ2v) is 4.98. The molecule has 0 unspecified atom stereocenters.